The van der Waals surface area contributed by atoms with Crippen molar-refractivity contribution >= 4 is 34.8 Å². The van der Waals surface area contributed by atoms with Crippen LogP contribution in [0.3, 0.4) is 0 Å². The van der Waals surface area contributed by atoms with Gasteiger partial charge in [-0.3, -0.25) is 14.7 Å². The lowest BCUT2D eigenvalue weighted by Gasteiger charge is -2.36. The summed E-state index contributed by atoms with van der Waals surface area (Å²) >= 11 is 12.5. The third-order valence-electron chi connectivity index (χ3n) is 5.89. The number of hydrogen-bond donors (Lipinski definition) is 1. The van der Waals surface area contributed by atoms with E-state index in [1.54, 1.807) is 0 Å². The quantitative estimate of drug-likeness (QED) is 0.442. The predicted octanol–water partition coefficient (Wildman–Crippen LogP) is 5.47. The summed E-state index contributed by atoms with van der Waals surface area (Å²) < 4.78 is 0. The molecule has 0 atom stereocenters. The number of rotatable bonds is 7. The van der Waals surface area contributed by atoms with Crippen molar-refractivity contribution < 1.29 is 4.79 Å². The Bertz CT molecular complexity index is 1160. The van der Waals surface area contributed by atoms with Gasteiger partial charge in [0.05, 0.1) is 21.4 Å². The van der Waals surface area contributed by atoms with Crippen molar-refractivity contribution in [3.05, 3.63) is 94.1 Å². The van der Waals surface area contributed by atoms with Gasteiger partial charge in [-0.15, -0.1) is 0 Å². The van der Waals surface area contributed by atoms with E-state index in [2.05, 4.69) is 26.2 Å². The fraction of sp³-hybridized carbons (Fsp3) is 0.259. The van der Waals surface area contributed by atoms with Gasteiger partial charge in [0, 0.05) is 56.1 Å². The number of aryl methyl sites for hydroxylation is 1. The van der Waals surface area contributed by atoms with Crippen LogP contribution in [0.2, 0.25) is 10.0 Å². The van der Waals surface area contributed by atoms with Crippen molar-refractivity contribution in [2.45, 2.75) is 6.92 Å². The highest BCUT2D eigenvalue weighted by Gasteiger charge is 2.19. The highest BCUT2D eigenvalue weighted by molar-refractivity contribution is 6.43. The number of amides is 1. The lowest BCUT2D eigenvalue weighted by atomic mass is 10.1. The van der Waals surface area contributed by atoms with Crippen molar-refractivity contribution in [1.29, 1.82) is 0 Å². The largest absolute Gasteiger partial charge is 0.368 e. The molecule has 1 N–H and O–H groups in total. The van der Waals surface area contributed by atoms with E-state index in [0.717, 1.165) is 55.4 Å². The zero-order valence-corrected chi connectivity index (χ0v) is 20.7. The molecule has 0 aliphatic carbocycles. The van der Waals surface area contributed by atoms with Crippen LogP contribution in [0.25, 0.3) is 11.3 Å². The molecule has 176 valence electrons. The van der Waals surface area contributed by atoms with E-state index in [0.29, 0.717) is 22.2 Å². The summed E-state index contributed by atoms with van der Waals surface area (Å²) in [5.74, 6) is -0.0829. The van der Waals surface area contributed by atoms with Crippen LogP contribution in [-0.4, -0.2) is 55.1 Å². The highest BCUT2D eigenvalue weighted by atomic mass is 35.5. The van der Waals surface area contributed by atoms with Crippen molar-refractivity contribution in [2.24, 2.45) is 0 Å². The molecule has 1 amide bonds. The maximum atomic E-state index is 12.4. The van der Waals surface area contributed by atoms with E-state index < -0.39 is 0 Å². The SMILES string of the molecule is Cc1cccc(-c2ccc(C(=O)NCC=CCN3CCN(c4cccc(Cl)c4Cl)CC3)cc2)n1. The summed E-state index contributed by atoms with van der Waals surface area (Å²) in [4.78, 5) is 21.6. The molecule has 0 unspecified atom stereocenters. The molecule has 1 aliphatic heterocycles. The Balaban J connectivity index is 1.19. The fourth-order valence-corrected chi connectivity index (χ4v) is 4.38. The van der Waals surface area contributed by atoms with Crippen LogP contribution in [0.1, 0.15) is 16.1 Å². The number of benzene rings is 2. The number of anilines is 1. The molecule has 1 aromatic heterocycles. The lowest BCUT2D eigenvalue weighted by molar-refractivity contribution is 0.0958. The summed E-state index contributed by atoms with van der Waals surface area (Å²) in [5, 5.41) is 4.16. The molecule has 0 bridgehead atoms. The van der Waals surface area contributed by atoms with Crippen LogP contribution < -0.4 is 10.2 Å². The number of carbonyl (C=O) groups is 1. The zero-order chi connectivity index (χ0) is 23.9. The Morgan fingerprint density at radius 2 is 1.71 bits per heavy atom. The highest BCUT2D eigenvalue weighted by Crippen LogP contribution is 2.32. The number of piperazine rings is 1. The maximum absolute atomic E-state index is 12.4. The Kier molecular flexibility index (Phi) is 8.22. The average Bonchev–Trinajstić information content (AvgIpc) is 2.86. The van der Waals surface area contributed by atoms with Gasteiger partial charge in [0.15, 0.2) is 0 Å². The standard InChI is InChI=1S/C27H28Cl2N4O/c1-20-6-4-8-24(31-20)21-10-12-22(13-11-21)27(34)30-14-2-3-15-32-16-18-33(19-17-32)25-9-5-7-23(28)26(25)29/h2-13H,14-19H2,1H3,(H,30,34). The molecule has 0 spiro atoms. The lowest BCUT2D eigenvalue weighted by Crippen LogP contribution is -2.46. The minimum absolute atomic E-state index is 0.0829. The Morgan fingerprint density at radius 1 is 0.971 bits per heavy atom. The van der Waals surface area contributed by atoms with Gasteiger partial charge in [-0.05, 0) is 43.3 Å². The molecular formula is C27H28Cl2N4O. The van der Waals surface area contributed by atoms with Gasteiger partial charge >= 0.3 is 0 Å². The van der Waals surface area contributed by atoms with Crippen LogP contribution in [0, 0.1) is 6.92 Å². The maximum Gasteiger partial charge on any atom is 0.251 e. The van der Waals surface area contributed by atoms with Crippen LogP contribution in [-0.2, 0) is 0 Å². The van der Waals surface area contributed by atoms with Crippen LogP contribution >= 0.6 is 23.2 Å². The van der Waals surface area contributed by atoms with E-state index >= 15 is 0 Å². The van der Waals surface area contributed by atoms with Crippen LogP contribution in [0.5, 0.6) is 0 Å². The summed E-state index contributed by atoms with van der Waals surface area (Å²) in [5.41, 5.74) is 4.51. The van der Waals surface area contributed by atoms with Gasteiger partial charge in [-0.2, -0.15) is 0 Å². The van der Waals surface area contributed by atoms with Gasteiger partial charge in [0.2, 0.25) is 0 Å². The molecule has 4 rings (SSSR count). The van der Waals surface area contributed by atoms with Crippen molar-refractivity contribution in [3.63, 3.8) is 0 Å². The molecule has 1 fully saturated rings. The van der Waals surface area contributed by atoms with E-state index in [4.69, 9.17) is 23.2 Å². The molecule has 34 heavy (non-hydrogen) atoms. The molecule has 5 nitrogen and oxygen atoms in total. The number of halogens is 2. The number of carbonyl (C=O) groups excluding carboxylic acids is 1. The molecule has 1 aliphatic rings. The van der Waals surface area contributed by atoms with Crippen molar-refractivity contribution in [1.82, 2.24) is 15.2 Å². The normalized spacial score (nSPS) is 14.5. The smallest absolute Gasteiger partial charge is 0.251 e. The topological polar surface area (TPSA) is 48.5 Å². The van der Waals surface area contributed by atoms with Crippen LogP contribution in [0.4, 0.5) is 5.69 Å². The van der Waals surface area contributed by atoms with Gasteiger partial charge < -0.3 is 10.2 Å². The van der Waals surface area contributed by atoms with Crippen LogP contribution in [0.15, 0.2) is 72.8 Å². The monoisotopic (exact) mass is 494 g/mol. The van der Waals surface area contributed by atoms with E-state index in [1.807, 2.05) is 73.7 Å². The number of pyridine rings is 1. The van der Waals surface area contributed by atoms with Gasteiger partial charge in [0.1, 0.15) is 0 Å². The van der Waals surface area contributed by atoms with Gasteiger partial charge in [0.25, 0.3) is 5.91 Å². The summed E-state index contributed by atoms with van der Waals surface area (Å²) in [7, 11) is 0. The molecule has 2 heterocycles. The molecule has 0 saturated carbocycles. The first-order chi connectivity index (χ1) is 16.5. The Hall–Kier alpha value is -2.86. The Morgan fingerprint density at radius 3 is 2.44 bits per heavy atom. The van der Waals surface area contributed by atoms with Crippen molar-refractivity contribution in [3.8, 4) is 11.3 Å². The first-order valence-electron chi connectivity index (χ1n) is 11.4. The fourth-order valence-electron chi connectivity index (χ4n) is 3.96. The minimum atomic E-state index is -0.0829. The molecule has 3 aromatic rings. The second kappa shape index (κ2) is 11.5. The number of aromatic nitrogens is 1. The van der Waals surface area contributed by atoms with E-state index in [1.165, 1.54) is 0 Å². The number of nitrogens with one attached hydrogen (secondary N) is 1. The third-order valence-corrected chi connectivity index (χ3v) is 6.70. The summed E-state index contributed by atoms with van der Waals surface area (Å²) in [6.45, 7) is 7.01. The third kappa shape index (κ3) is 6.17. The second-order valence-corrected chi connectivity index (χ2v) is 9.07. The number of nitrogens with zero attached hydrogens (tertiary/aromatic N) is 3. The molecule has 0 radical (unpaired) electrons. The van der Waals surface area contributed by atoms with Gasteiger partial charge in [-0.25, -0.2) is 0 Å². The first kappa shape index (κ1) is 24.3. The zero-order valence-electron chi connectivity index (χ0n) is 19.2. The molecule has 1 saturated heterocycles. The minimum Gasteiger partial charge on any atom is -0.368 e. The van der Waals surface area contributed by atoms with E-state index in [-0.39, 0.29) is 5.91 Å². The van der Waals surface area contributed by atoms with E-state index in [9.17, 15) is 4.79 Å². The molecule has 2 aromatic carbocycles. The summed E-state index contributed by atoms with van der Waals surface area (Å²) in [6, 6.07) is 19.2. The predicted molar refractivity (Wildman–Crippen MR) is 141 cm³/mol. The molecule has 7 heteroatoms. The number of hydrogen-bond acceptors (Lipinski definition) is 4. The first-order valence-corrected chi connectivity index (χ1v) is 12.2. The molecular weight excluding hydrogens is 467 g/mol. The Labute approximate surface area is 211 Å². The second-order valence-electron chi connectivity index (χ2n) is 8.28. The van der Waals surface area contributed by atoms with Crippen molar-refractivity contribution in [2.75, 3.05) is 44.2 Å². The van der Waals surface area contributed by atoms with Gasteiger partial charge in [-0.1, -0.05) is 59.6 Å². The average molecular weight is 495 g/mol. The summed E-state index contributed by atoms with van der Waals surface area (Å²) in [6.07, 6.45) is 4.11.